The van der Waals surface area contributed by atoms with Gasteiger partial charge in [-0.25, -0.2) is 4.39 Å². The lowest BCUT2D eigenvalue weighted by atomic mass is 10.1. The Morgan fingerprint density at radius 3 is 2.52 bits per heavy atom. The lowest BCUT2D eigenvalue weighted by molar-refractivity contribution is 0.266. The first kappa shape index (κ1) is 18.7. The van der Waals surface area contributed by atoms with E-state index in [-0.39, 0.29) is 42.5 Å². The standard InChI is InChI=1S/C21H20FNO4/c1-14-19(25)20(27-13-15-6-3-2-4-7-15)18(23(10-11-24)21(14)26)16-8-5-9-17(22)12-16/h2-9,12,24-25H,10-11,13H2,1H3. The first-order valence-corrected chi connectivity index (χ1v) is 8.52. The second-order valence-electron chi connectivity index (χ2n) is 6.12. The molecule has 2 aromatic carbocycles. The Morgan fingerprint density at radius 1 is 1.11 bits per heavy atom. The van der Waals surface area contributed by atoms with E-state index < -0.39 is 11.4 Å². The number of hydrogen-bond acceptors (Lipinski definition) is 4. The van der Waals surface area contributed by atoms with Gasteiger partial charge in [-0.3, -0.25) is 4.79 Å². The molecule has 0 fully saturated rings. The third-order valence-corrected chi connectivity index (χ3v) is 4.27. The van der Waals surface area contributed by atoms with Gasteiger partial charge >= 0.3 is 0 Å². The minimum Gasteiger partial charge on any atom is -0.504 e. The van der Waals surface area contributed by atoms with Gasteiger partial charge in [0.25, 0.3) is 5.56 Å². The Hall–Kier alpha value is -3.12. The number of nitrogens with zero attached hydrogens (tertiary/aromatic N) is 1. The molecule has 0 radical (unpaired) electrons. The molecule has 0 atom stereocenters. The molecule has 0 amide bonds. The van der Waals surface area contributed by atoms with E-state index in [2.05, 4.69) is 0 Å². The molecule has 3 aromatic rings. The van der Waals surface area contributed by atoms with Crippen LogP contribution in [0.25, 0.3) is 11.3 Å². The number of aliphatic hydroxyl groups is 1. The summed E-state index contributed by atoms with van der Waals surface area (Å²) in [6.07, 6.45) is 0. The van der Waals surface area contributed by atoms with E-state index in [4.69, 9.17) is 4.74 Å². The molecule has 5 nitrogen and oxygen atoms in total. The van der Waals surface area contributed by atoms with Gasteiger partial charge in [-0.1, -0.05) is 42.5 Å². The first-order chi connectivity index (χ1) is 13.0. The van der Waals surface area contributed by atoms with Crippen LogP contribution in [0.5, 0.6) is 11.5 Å². The summed E-state index contributed by atoms with van der Waals surface area (Å²) in [6, 6.07) is 15.0. The Balaban J connectivity index is 2.18. The molecule has 0 saturated carbocycles. The van der Waals surface area contributed by atoms with Gasteiger partial charge < -0.3 is 19.5 Å². The highest BCUT2D eigenvalue weighted by Gasteiger charge is 2.22. The van der Waals surface area contributed by atoms with Crippen LogP contribution in [0.1, 0.15) is 11.1 Å². The zero-order valence-electron chi connectivity index (χ0n) is 14.9. The van der Waals surface area contributed by atoms with Crippen LogP contribution in [0.2, 0.25) is 0 Å². The smallest absolute Gasteiger partial charge is 0.257 e. The lowest BCUT2D eigenvalue weighted by Crippen LogP contribution is -2.26. The average Bonchev–Trinajstić information content (AvgIpc) is 2.68. The van der Waals surface area contributed by atoms with Gasteiger partial charge in [-0.2, -0.15) is 0 Å². The highest BCUT2D eigenvalue weighted by Crippen LogP contribution is 2.38. The summed E-state index contributed by atoms with van der Waals surface area (Å²) in [6.45, 7) is 1.35. The second kappa shape index (κ2) is 8.05. The molecule has 0 aliphatic rings. The third-order valence-electron chi connectivity index (χ3n) is 4.27. The predicted octanol–water partition coefficient (Wildman–Crippen LogP) is 3.24. The number of aromatic hydroxyl groups is 1. The Labute approximate surface area is 155 Å². The molecule has 0 aliphatic carbocycles. The van der Waals surface area contributed by atoms with Gasteiger partial charge in [0, 0.05) is 12.1 Å². The molecule has 0 aliphatic heterocycles. The molecule has 6 heteroatoms. The molecule has 1 heterocycles. The molecule has 27 heavy (non-hydrogen) atoms. The predicted molar refractivity (Wildman–Crippen MR) is 100 cm³/mol. The average molecular weight is 369 g/mol. The second-order valence-corrected chi connectivity index (χ2v) is 6.12. The van der Waals surface area contributed by atoms with Gasteiger partial charge in [-0.15, -0.1) is 0 Å². The first-order valence-electron chi connectivity index (χ1n) is 8.52. The summed E-state index contributed by atoms with van der Waals surface area (Å²) in [5.41, 5.74) is 1.12. The highest BCUT2D eigenvalue weighted by molar-refractivity contribution is 5.71. The summed E-state index contributed by atoms with van der Waals surface area (Å²) >= 11 is 0. The van der Waals surface area contributed by atoms with Crippen LogP contribution in [0, 0.1) is 12.7 Å². The number of pyridine rings is 1. The zero-order chi connectivity index (χ0) is 19.4. The van der Waals surface area contributed by atoms with Crippen LogP contribution in [0.15, 0.2) is 59.4 Å². The molecule has 140 valence electrons. The zero-order valence-corrected chi connectivity index (χ0v) is 14.9. The number of hydrogen-bond donors (Lipinski definition) is 2. The van der Waals surface area contributed by atoms with Crippen LogP contribution in [0.4, 0.5) is 4.39 Å². The van der Waals surface area contributed by atoms with E-state index in [1.54, 1.807) is 6.07 Å². The fourth-order valence-electron chi connectivity index (χ4n) is 2.91. The maximum absolute atomic E-state index is 13.8. The van der Waals surface area contributed by atoms with Crippen molar-refractivity contribution in [3.05, 3.63) is 81.9 Å². The summed E-state index contributed by atoms with van der Waals surface area (Å²) in [4.78, 5) is 12.6. The number of rotatable bonds is 6. The Kier molecular flexibility index (Phi) is 5.57. The molecule has 1 aromatic heterocycles. The topological polar surface area (TPSA) is 71.7 Å². The van der Waals surface area contributed by atoms with Gasteiger partial charge in [0.05, 0.1) is 17.9 Å². The molecule has 2 N–H and O–H groups in total. The van der Waals surface area contributed by atoms with Crippen LogP contribution in [-0.2, 0) is 13.2 Å². The Morgan fingerprint density at radius 2 is 1.85 bits per heavy atom. The number of aliphatic hydroxyl groups excluding tert-OH is 1. The van der Waals surface area contributed by atoms with Crippen molar-refractivity contribution in [3.8, 4) is 22.8 Å². The van der Waals surface area contributed by atoms with E-state index in [0.717, 1.165) is 5.56 Å². The minimum atomic E-state index is -0.482. The van der Waals surface area contributed by atoms with E-state index in [1.807, 2.05) is 30.3 Å². The normalized spacial score (nSPS) is 10.8. The number of aromatic nitrogens is 1. The molecule has 3 rings (SSSR count). The monoisotopic (exact) mass is 369 g/mol. The van der Waals surface area contributed by atoms with Gasteiger partial charge in [0.2, 0.25) is 0 Å². The van der Waals surface area contributed by atoms with E-state index in [0.29, 0.717) is 5.56 Å². The number of benzene rings is 2. The van der Waals surface area contributed by atoms with E-state index in [1.165, 1.54) is 29.7 Å². The third kappa shape index (κ3) is 3.85. The molecule has 0 saturated heterocycles. The fraction of sp³-hybridized carbons (Fsp3) is 0.190. The summed E-state index contributed by atoms with van der Waals surface area (Å²) in [5, 5.41) is 20.0. The van der Waals surface area contributed by atoms with E-state index >= 15 is 0 Å². The minimum absolute atomic E-state index is 0.00645. The van der Waals surface area contributed by atoms with Gasteiger partial charge in [0.15, 0.2) is 11.5 Å². The van der Waals surface area contributed by atoms with Crippen LogP contribution >= 0.6 is 0 Å². The van der Waals surface area contributed by atoms with Crippen molar-refractivity contribution >= 4 is 0 Å². The van der Waals surface area contributed by atoms with Crippen molar-refractivity contribution in [2.75, 3.05) is 6.61 Å². The lowest BCUT2D eigenvalue weighted by Gasteiger charge is -2.20. The van der Waals surface area contributed by atoms with Crippen LogP contribution in [-0.4, -0.2) is 21.4 Å². The van der Waals surface area contributed by atoms with Gasteiger partial charge in [-0.05, 0) is 24.6 Å². The van der Waals surface area contributed by atoms with Crippen molar-refractivity contribution < 1.29 is 19.3 Å². The largest absolute Gasteiger partial charge is 0.504 e. The molecule has 0 bridgehead atoms. The maximum Gasteiger partial charge on any atom is 0.257 e. The van der Waals surface area contributed by atoms with Gasteiger partial charge in [0.1, 0.15) is 12.4 Å². The van der Waals surface area contributed by atoms with Crippen molar-refractivity contribution in [2.45, 2.75) is 20.1 Å². The molecular weight excluding hydrogens is 349 g/mol. The van der Waals surface area contributed by atoms with Crippen molar-refractivity contribution in [1.29, 1.82) is 0 Å². The molecular formula is C21H20FNO4. The summed E-state index contributed by atoms with van der Waals surface area (Å²) in [7, 11) is 0. The van der Waals surface area contributed by atoms with Crippen molar-refractivity contribution in [3.63, 3.8) is 0 Å². The molecule has 0 spiro atoms. The highest BCUT2D eigenvalue weighted by atomic mass is 19.1. The Bertz CT molecular complexity index is 999. The number of ether oxygens (including phenoxy) is 1. The maximum atomic E-state index is 13.8. The quantitative estimate of drug-likeness (QED) is 0.700. The van der Waals surface area contributed by atoms with Crippen molar-refractivity contribution in [1.82, 2.24) is 4.57 Å². The van der Waals surface area contributed by atoms with E-state index in [9.17, 15) is 19.4 Å². The summed E-state index contributed by atoms with van der Waals surface area (Å²) < 4.78 is 20.9. The number of halogens is 1. The van der Waals surface area contributed by atoms with Crippen molar-refractivity contribution in [2.24, 2.45) is 0 Å². The van der Waals surface area contributed by atoms with Crippen LogP contribution in [0.3, 0.4) is 0 Å². The van der Waals surface area contributed by atoms with Crippen LogP contribution < -0.4 is 10.3 Å². The summed E-state index contributed by atoms with van der Waals surface area (Å²) in [5.74, 6) is -0.691. The SMILES string of the molecule is Cc1c(O)c(OCc2ccccc2)c(-c2cccc(F)c2)n(CCO)c1=O. The molecule has 0 unspecified atom stereocenters. The fourth-order valence-corrected chi connectivity index (χ4v) is 2.91.